The highest BCUT2D eigenvalue weighted by molar-refractivity contribution is 9.10. The number of aromatic nitrogens is 1. The van der Waals surface area contributed by atoms with E-state index in [0.29, 0.717) is 24.6 Å². The van der Waals surface area contributed by atoms with Crippen molar-refractivity contribution in [3.63, 3.8) is 0 Å². The monoisotopic (exact) mass is 341 g/mol. The number of thiocarbonyl (C=S) groups is 1. The van der Waals surface area contributed by atoms with Crippen molar-refractivity contribution >= 4 is 44.9 Å². The summed E-state index contributed by atoms with van der Waals surface area (Å²) in [5, 5.41) is 2.84. The molecule has 6 heteroatoms. The van der Waals surface area contributed by atoms with Gasteiger partial charge in [0, 0.05) is 10.7 Å². The first-order valence-corrected chi connectivity index (χ1v) is 7.29. The van der Waals surface area contributed by atoms with Crippen LogP contribution in [0.15, 0.2) is 16.7 Å². The van der Waals surface area contributed by atoms with Crippen LogP contribution >= 0.6 is 28.1 Å². The van der Waals surface area contributed by atoms with E-state index in [1.807, 2.05) is 13.0 Å². The zero-order chi connectivity index (χ0) is 14.2. The van der Waals surface area contributed by atoms with Gasteiger partial charge in [-0.05, 0) is 53.2 Å². The number of aryl methyl sites for hydroxylation is 1. The zero-order valence-electron chi connectivity index (χ0n) is 10.9. The minimum absolute atomic E-state index is 0.143. The van der Waals surface area contributed by atoms with Gasteiger partial charge in [0.1, 0.15) is 5.82 Å². The van der Waals surface area contributed by atoms with Crippen LogP contribution in [0.25, 0.3) is 0 Å². The Balaban J connectivity index is 2.19. The van der Waals surface area contributed by atoms with Gasteiger partial charge in [0.25, 0.3) is 0 Å². The number of rotatable bonds is 3. The lowest BCUT2D eigenvalue weighted by molar-refractivity contribution is -0.127. The summed E-state index contributed by atoms with van der Waals surface area (Å²) in [5.74, 6) is 0.894. The van der Waals surface area contributed by atoms with Gasteiger partial charge in [0.05, 0.1) is 10.4 Å². The second kappa shape index (κ2) is 5.17. The van der Waals surface area contributed by atoms with Crippen molar-refractivity contribution in [3.05, 3.63) is 22.3 Å². The van der Waals surface area contributed by atoms with Gasteiger partial charge in [-0.15, -0.1) is 0 Å². The third-order valence-corrected chi connectivity index (χ3v) is 4.40. The molecule has 3 N–H and O–H groups in total. The molecule has 0 radical (unpaired) electrons. The number of hydrogen-bond donors (Lipinski definition) is 2. The Morgan fingerprint density at radius 3 is 2.74 bits per heavy atom. The highest BCUT2D eigenvalue weighted by atomic mass is 79.9. The van der Waals surface area contributed by atoms with Crippen molar-refractivity contribution in [2.75, 3.05) is 5.32 Å². The molecule has 0 atom stereocenters. The minimum Gasteiger partial charge on any atom is -0.392 e. The van der Waals surface area contributed by atoms with Crippen LogP contribution in [0.4, 0.5) is 5.82 Å². The molecule has 0 aromatic carbocycles. The van der Waals surface area contributed by atoms with Crippen LogP contribution < -0.4 is 11.1 Å². The quantitative estimate of drug-likeness (QED) is 0.829. The van der Waals surface area contributed by atoms with Crippen molar-refractivity contribution in [3.8, 4) is 0 Å². The van der Waals surface area contributed by atoms with E-state index in [1.165, 1.54) is 0 Å². The van der Waals surface area contributed by atoms with Gasteiger partial charge >= 0.3 is 0 Å². The smallest absolute Gasteiger partial charge is 0.238 e. The molecular weight excluding hydrogens is 326 g/mol. The van der Waals surface area contributed by atoms with E-state index in [1.54, 1.807) is 6.20 Å². The molecule has 0 aliphatic heterocycles. The van der Waals surface area contributed by atoms with Crippen LogP contribution in [0.1, 0.15) is 25.3 Å². The molecule has 1 aliphatic carbocycles. The Morgan fingerprint density at radius 1 is 1.63 bits per heavy atom. The Labute approximate surface area is 126 Å². The second-order valence-electron chi connectivity index (χ2n) is 5.23. The van der Waals surface area contributed by atoms with Gasteiger partial charge in [0.2, 0.25) is 5.91 Å². The number of carbonyl (C=O) groups is 1. The predicted molar refractivity (Wildman–Crippen MR) is 82.9 cm³/mol. The SMILES string of the molecule is Cc1cc(Br)cnc1NC(=O)C1(C(N)=S)CC(C)C1. The molecule has 0 unspecified atom stereocenters. The number of halogens is 1. The number of nitrogens with two attached hydrogens (primary N) is 1. The molecule has 1 aromatic heterocycles. The maximum absolute atomic E-state index is 12.4. The number of nitrogens with one attached hydrogen (secondary N) is 1. The lowest BCUT2D eigenvalue weighted by Crippen LogP contribution is -2.54. The standard InChI is InChI=1S/C13H16BrN3OS/c1-7-4-13(5-7,11(15)19)12(18)17-10-8(2)3-9(14)6-16-10/h3,6-7H,4-5H2,1-2H3,(H2,15,19)(H,16,17,18). The Bertz CT molecular complexity index is 541. The first-order valence-electron chi connectivity index (χ1n) is 6.08. The summed E-state index contributed by atoms with van der Waals surface area (Å²) in [6.45, 7) is 3.98. The third-order valence-electron chi connectivity index (χ3n) is 3.58. The lowest BCUT2D eigenvalue weighted by atomic mass is 9.62. The summed E-state index contributed by atoms with van der Waals surface area (Å²) >= 11 is 8.41. The summed E-state index contributed by atoms with van der Waals surface area (Å²) < 4.78 is 0.879. The van der Waals surface area contributed by atoms with Crippen LogP contribution in [0.5, 0.6) is 0 Å². The summed E-state index contributed by atoms with van der Waals surface area (Å²) in [6.07, 6.45) is 3.08. The maximum atomic E-state index is 12.4. The minimum atomic E-state index is -0.698. The van der Waals surface area contributed by atoms with Crippen LogP contribution in [0.3, 0.4) is 0 Å². The molecule has 0 saturated heterocycles. The molecule has 1 aromatic rings. The van der Waals surface area contributed by atoms with E-state index in [9.17, 15) is 4.79 Å². The van der Waals surface area contributed by atoms with Gasteiger partial charge in [-0.2, -0.15) is 0 Å². The summed E-state index contributed by atoms with van der Waals surface area (Å²) in [5.41, 5.74) is 5.95. The van der Waals surface area contributed by atoms with Gasteiger partial charge in [-0.3, -0.25) is 4.79 Å². The molecule has 19 heavy (non-hydrogen) atoms. The zero-order valence-corrected chi connectivity index (χ0v) is 13.3. The third kappa shape index (κ3) is 2.65. The fraction of sp³-hybridized carbons (Fsp3) is 0.462. The van der Waals surface area contributed by atoms with Gasteiger partial charge in [-0.1, -0.05) is 19.1 Å². The first kappa shape index (κ1) is 14.4. The number of nitrogens with zero attached hydrogens (tertiary/aromatic N) is 1. The van der Waals surface area contributed by atoms with Crippen molar-refractivity contribution in [2.45, 2.75) is 26.7 Å². The van der Waals surface area contributed by atoms with E-state index in [-0.39, 0.29) is 10.9 Å². The molecule has 1 saturated carbocycles. The van der Waals surface area contributed by atoms with Crippen LogP contribution in [0.2, 0.25) is 0 Å². The lowest BCUT2D eigenvalue weighted by Gasteiger charge is -2.44. The largest absolute Gasteiger partial charge is 0.392 e. The molecule has 1 aliphatic rings. The Kier molecular flexibility index (Phi) is 3.92. The highest BCUT2D eigenvalue weighted by Crippen LogP contribution is 2.46. The molecule has 0 spiro atoms. The van der Waals surface area contributed by atoms with Crippen LogP contribution in [0, 0.1) is 18.3 Å². The topological polar surface area (TPSA) is 68.0 Å². The molecule has 1 heterocycles. The number of anilines is 1. The number of carbonyl (C=O) groups excluding carboxylic acids is 1. The number of amides is 1. The van der Waals surface area contributed by atoms with E-state index in [0.717, 1.165) is 10.0 Å². The molecule has 0 bridgehead atoms. The number of pyridine rings is 1. The molecule has 4 nitrogen and oxygen atoms in total. The predicted octanol–water partition coefficient (Wildman–Crippen LogP) is 2.79. The molecule has 102 valence electrons. The number of hydrogen-bond acceptors (Lipinski definition) is 3. The van der Waals surface area contributed by atoms with Crippen molar-refractivity contribution in [2.24, 2.45) is 17.1 Å². The Morgan fingerprint density at radius 2 is 2.26 bits per heavy atom. The Hall–Kier alpha value is -1.01. The average molecular weight is 342 g/mol. The summed E-state index contributed by atoms with van der Waals surface area (Å²) in [6, 6.07) is 1.90. The normalized spacial score (nSPS) is 25.5. The van der Waals surface area contributed by atoms with Crippen molar-refractivity contribution in [1.82, 2.24) is 4.98 Å². The van der Waals surface area contributed by atoms with E-state index in [2.05, 4.69) is 33.2 Å². The van der Waals surface area contributed by atoms with E-state index < -0.39 is 5.41 Å². The molecular formula is C13H16BrN3OS. The van der Waals surface area contributed by atoms with Gasteiger partial charge < -0.3 is 11.1 Å². The van der Waals surface area contributed by atoms with Crippen LogP contribution in [-0.4, -0.2) is 15.9 Å². The van der Waals surface area contributed by atoms with Gasteiger partial charge in [-0.25, -0.2) is 4.98 Å². The van der Waals surface area contributed by atoms with Crippen LogP contribution in [-0.2, 0) is 4.79 Å². The van der Waals surface area contributed by atoms with E-state index >= 15 is 0 Å². The summed E-state index contributed by atoms with van der Waals surface area (Å²) in [4.78, 5) is 16.9. The van der Waals surface area contributed by atoms with Crippen molar-refractivity contribution < 1.29 is 4.79 Å². The summed E-state index contributed by atoms with van der Waals surface area (Å²) in [7, 11) is 0. The fourth-order valence-corrected chi connectivity index (χ4v) is 3.23. The average Bonchev–Trinajstić information content (AvgIpc) is 2.27. The van der Waals surface area contributed by atoms with Gasteiger partial charge in [0.15, 0.2) is 0 Å². The maximum Gasteiger partial charge on any atom is 0.238 e. The van der Waals surface area contributed by atoms with Crippen molar-refractivity contribution in [1.29, 1.82) is 0 Å². The molecule has 1 fully saturated rings. The fourth-order valence-electron chi connectivity index (χ4n) is 2.53. The van der Waals surface area contributed by atoms with E-state index in [4.69, 9.17) is 18.0 Å². The second-order valence-corrected chi connectivity index (χ2v) is 6.59. The highest BCUT2D eigenvalue weighted by Gasteiger charge is 2.51. The molecule has 2 rings (SSSR count). The molecule has 1 amide bonds. The first-order chi connectivity index (χ1) is 8.85.